The molecule has 0 radical (unpaired) electrons. The van der Waals surface area contributed by atoms with Crippen molar-refractivity contribution < 1.29 is 19.1 Å². The summed E-state index contributed by atoms with van der Waals surface area (Å²) in [7, 11) is 0. The molecule has 0 unspecified atom stereocenters. The van der Waals surface area contributed by atoms with Crippen LogP contribution in [-0.4, -0.2) is 34.2 Å². The molecule has 0 saturated carbocycles. The molecule has 0 bridgehead atoms. The number of aromatic nitrogens is 2. The minimum absolute atomic E-state index is 0.0159. The van der Waals surface area contributed by atoms with Crippen LogP contribution in [0.4, 0.5) is 15.8 Å². The van der Waals surface area contributed by atoms with Gasteiger partial charge in [0.15, 0.2) is 5.82 Å². The highest BCUT2D eigenvalue weighted by molar-refractivity contribution is 6.30. The van der Waals surface area contributed by atoms with Crippen molar-refractivity contribution in [2.45, 2.75) is 0 Å². The molecule has 130 valence electrons. The highest BCUT2D eigenvalue weighted by Crippen LogP contribution is 2.30. The number of carbonyl (C=O) groups excluding carboxylic acids is 1. The molecule has 0 spiro atoms. The lowest BCUT2D eigenvalue weighted by Gasteiger charge is -2.14. The van der Waals surface area contributed by atoms with E-state index in [1.807, 2.05) is 0 Å². The number of hydrogen-bond donors (Lipinski definition) is 4. The maximum atomic E-state index is 14.8. The summed E-state index contributed by atoms with van der Waals surface area (Å²) in [6, 6.07) is 8.04. The molecule has 3 rings (SSSR count). The number of hydrogen-bond acceptors (Lipinski definition) is 5. The molecule has 0 fully saturated rings. The van der Waals surface area contributed by atoms with E-state index >= 15 is 0 Å². The SMILES string of the molecule is O=C(NOCCO)c1cc2[nH]cnc2c(F)c1Nc1ccc(Cl)cc1. The first-order chi connectivity index (χ1) is 12.1. The molecule has 25 heavy (non-hydrogen) atoms. The van der Waals surface area contributed by atoms with E-state index in [9.17, 15) is 9.18 Å². The van der Waals surface area contributed by atoms with E-state index in [1.54, 1.807) is 24.3 Å². The van der Waals surface area contributed by atoms with Gasteiger partial charge in [0.2, 0.25) is 0 Å². The normalized spacial score (nSPS) is 10.8. The van der Waals surface area contributed by atoms with Gasteiger partial charge in [-0.25, -0.2) is 14.9 Å². The van der Waals surface area contributed by atoms with Gasteiger partial charge in [-0.1, -0.05) is 11.6 Å². The van der Waals surface area contributed by atoms with Crippen LogP contribution in [-0.2, 0) is 4.84 Å². The molecule has 9 heteroatoms. The third-order valence-electron chi connectivity index (χ3n) is 3.37. The Morgan fingerprint density at radius 2 is 2.12 bits per heavy atom. The van der Waals surface area contributed by atoms with Gasteiger partial charge < -0.3 is 15.4 Å². The number of rotatable bonds is 6. The lowest BCUT2D eigenvalue weighted by molar-refractivity contribution is 0.0169. The fraction of sp³-hybridized carbons (Fsp3) is 0.125. The van der Waals surface area contributed by atoms with Crippen molar-refractivity contribution in [3.8, 4) is 0 Å². The number of nitrogens with one attached hydrogen (secondary N) is 3. The number of halogens is 2. The van der Waals surface area contributed by atoms with E-state index in [0.29, 0.717) is 16.2 Å². The number of amides is 1. The zero-order chi connectivity index (χ0) is 17.8. The molecule has 0 aliphatic carbocycles. The maximum Gasteiger partial charge on any atom is 0.277 e. The predicted molar refractivity (Wildman–Crippen MR) is 91.3 cm³/mol. The first kappa shape index (κ1) is 17.2. The molecule has 1 heterocycles. The fourth-order valence-electron chi connectivity index (χ4n) is 2.24. The lowest BCUT2D eigenvalue weighted by Crippen LogP contribution is -2.26. The lowest BCUT2D eigenvalue weighted by atomic mass is 10.1. The Kier molecular flexibility index (Phi) is 5.13. The molecule has 0 saturated heterocycles. The number of anilines is 2. The average molecular weight is 365 g/mol. The molecule has 7 nitrogen and oxygen atoms in total. The van der Waals surface area contributed by atoms with E-state index in [0.717, 1.165) is 0 Å². The van der Waals surface area contributed by atoms with Crippen LogP contribution in [0.1, 0.15) is 10.4 Å². The number of H-pyrrole nitrogens is 1. The largest absolute Gasteiger partial charge is 0.394 e. The Morgan fingerprint density at radius 1 is 1.36 bits per heavy atom. The summed E-state index contributed by atoms with van der Waals surface area (Å²) >= 11 is 5.84. The monoisotopic (exact) mass is 364 g/mol. The third kappa shape index (κ3) is 3.71. The summed E-state index contributed by atoms with van der Waals surface area (Å²) in [6.07, 6.45) is 1.34. The van der Waals surface area contributed by atoms with Crippen LogP contribution in [0, 0.1) is 5.82 Å². The molecule has 0 atom stereocenters. The zero-order valence-electron chi connectivity index (χ0n) is 12.8. The van der Waals surface area contributed by atoms with Crippen LogP contribution < -0.4 is 10.8 Å². The second-order valence-corrected chi connectivity index (χ2v) is 5.48. The number of carbonyl (C=O) groups is 1. The van der Waals surface area contributed by atoms with Crippen molar-refractivity contribution in [1.82, 2.24) is 15.4 Å². The smallest absolute Gasteiger partial charge is 0.277 e. The van der Waals surface area contributed by atoms with Crippen LogP contribution in [0.3, 0.4) is 0 Å². The molecule has 1 amide bonds. The Labute approximate surface area is 146 Å². The van der Waals surface area contributed by atoms with Crippen LogP contribution in [0.25, 0.3) is 11.0 Å². The summed E-state index contributed by atoms with van der Waals surface area (Å²) in [5, 5.41) is 12.1. The Bertz CT molecular complexity index is 898. The Balaban J connectivity index is 2.00. The minimum Gasteiger partial charge on any atom is -0.394 e. The van der Waals surface area contributed by atoms with Crippen molar-refractivity contribution >= 4 is 39.9 Å². The van der Waals surface area contributed by atoms with Crippen molar-refractivity contribution in [2.24, 2.45) is 0 Å². The van der Waals surface area contributed by atoms with Gasteiger partial charge in [-0.2, -0.15) is 0 Å². The number of fused-ring (bicyclic) bond motifs is 1. The molecular formula is C16H14ClFN4O3. The number of nitrogens with zero attached hydrogens (tertiary/aromatic N) is 1. The molecule has 1 aromatic heterocycles. The van der Waals surface area contributed by atoms with Gasteiger partial charge >= 0.3 is 0 Å². The summed E-state index contributed by atoms with van der Waals surface area (Å²) < 4.78 is 14.8. The zero-order valence-corrected chi connectivity index (χ0v) is 13.6. The molecule has 2 aromatic carbocycles. The van der Waals surface area contributed by atoms with Crippen molar-refractivity contribution in [3.63, 3.8) is 0 Å². The number of aliphatic hydroxyl groups is 1. The Hall–Kier alpha value is -2.68. The number of imidazole rings is 1. The first-order valence-electron chi connectivity index (χ1n) is 7.31. The number of aliphatic hydroxyl groups excluding tert-OH is 1. The maximum absolute atomic E-state index is 14.8. The van der Waals surface area contributed by atoms with Gasteiger partial charge in [-0.05, 0) is 30.3 Å². The highest BCUT2D eigenvalue weighted by Gasteiger charge is 2.20. The van der Waals surface area contributed by atoms with Crippen LogP contribution in [0.2, 0.25) is 5.02 Å². The Morgan fingerprint density at radius 3 is 2.84 bits per heavy atom. The molecule has 0 aliphatic rings. The van der Waals surface area contributed by atoms with E-state index in [4.69, 9.17) is 21.5 Å². The minimum atomic E-state index is -0.680. The summed E-state index contributed by atoms with van der Waals surface area (Å²) in [6.45, 7) is -0.343. The second kappa shape index (κ2) is 7.47. The predicted octanol–water partition coefficient (Wildman–Crippen LogP) is 2.75. The van der Waals surface area contributed by atoms with Crippen molar-refractivity contribution in [2.75, 3.05) is 18.5 Å². The quantitative estimate of drug-likeness (QED) is 0.398. The number of benzene rings is 2. The van der Waals surface area contributed by atoms with Gasteiger partial charge in [-0.3, -0.25) is 9.63 Å². The van der Waals surface area contributed by atoms with Gasteiger partial charge in [0.25, 0.3) is 5.91 Å². The highest BCUT2D eigenvalue weighted by atomic mass is 35.5. The molecule has 4 N–H and O–H groups in total. The fourth-order valence-corrected chi connectivity index (χ4v) is 2.36. The van der Waals surface area contributed by atoms with E-state index in [1.165, 1.54) is 12.4 Å². The van der Waals surface area contributed by atoms with E-state index < -0.39 is 11.7 Å². The van der Waals surface area contributed by atoms with Crippen LogP contribution >= 0.6 is 11.6 Å². The van der Waals surface area contributed by atoms with E-state index in [2.05, 4.69) is 20.8 Å². The third-order valence-corrected chi connectivity index (χ3v) is 3.62. The van der Waals surface area contributed by atoms with Crippen LogP contribution in [0.15, 0.2) is 36.7 Å². The first-order valence-corrected chi connectivity index (χ1v) is 7.69. The molecule has 0 aliphatic heterocycles. The van der Waals surface area contributed by atoms with E-state index in [-0.39, 0.29) is 30.0 Å². The van der Waals surface area contributed by atoms with Gasteiger partial charge in [0.05, 0.1) is 36.3 Å². The van der Waals surface area contributed by atoms with Crippen LogP contribution in [0.5, 0.6) is 0 Å². The summed E-state index contributed by atoms with van der Waals surface area (Å²) in [5.74, 6) is -1.35. The molecule has 3 aromatic rings. The topological polar surface area (TPSA) is 99.3 Å². The summed E-state index contributed by atoms with van der Waals surface area (Å²) in [5.41, 5.74) is 3.14. The average Bonchev–Trinajstić information content (AvgIpc) is 3.08. The van der Waals surface area contributed by atoms with Gasteiger partial charge in [0, 0.05) is 10.7 Å². The number of aromatic amines is 1. The molecular weight excluding hydrogens is 351 g/mol. The van der Waals surface area contributed by atoms with Gasteiger partial charge in [-0.15, -0.1) is 0 Å². The number of hydroxylamine groups is 1. The van der Waals surface area contributed by atoms with Crippen molar-refractivity contribution in [3.05, 3.63) is 53.1 Å². The standard InChI is InChI=1S/C16H14ClFN4O3/c17-9-1-3-10(4-2-9)21-14-11(16(24)22-25-6-5-23)7-12-15(13(14)18)20-8-19-12/h1-4,7-8,21,23H,5-6H2,(H,19,20)(H,22,24). The van der Waals surface area contributed by atoms with Gasteiger partial charge in [0.1, 0.15) is 5.52 Å². The summed E-state index contributed by atoms with van der Waals surface area (Å²) in [4.78, 5) is 23.8. The van der Waals surface area contributed by atoms with Crippen molar-refractivity contribution in [1.29, 1.82) is 0 Å². The second-order valence-electron chi connectivity index (χ2n) is 5.05.